The SMILES string of the molecule is CC(CC1CCCC(CC(C)C(=O)OCC2CO2)CC1)C(=O)OCC1CO1. The van der Waals surface area contributed by atoms with Crippen LogP contribution < -0.4 is 0 Å². The first kappa shape index (κ1) is 20.6. The van der Waals surface area contributed by atoms with Crippen molar-refractivity contribution in [3.8, 4) is 0 Å². The Hall–Kier alpha value is -1.14. The number of esters is 2. The van der Waals surface area contributed by atoms with Crippen LogP contribution >= 0.6 is 0 Å². The van der Waals surface area contributed by atoms with Crippen molar-refractivity contribution in [3.05, 3.63) is 0 Å². The molecule has 6 unspecified atom stereocenters. The van der Waals surface area contributed by atoms with Gasteiger partial charge in [-0.05, 0) is 24.7 Å². The molecule has 3 fully saturated rings. The molecule has 6 atom stereocenters. The summed E-state index contributed by atoms with van der Waals surface area (Å²) in [4.78, 5) is 24.2. The van der Waals surface area contributed by atoms with E-state index in [1.807, 2.05) is 13.8 Å². The fraction of sp³-hybridized carbons (Fsp3) is 0.905. The van der Waals surface area contributed by atoms with E-state index in [9.17, 15) is 9.59 Å². The molecule has 6 nitrogen and oxygen atoms in total. The number of carbonyl (C=O) groups excluding carboxylic acids is 2. The molecule has 0 radical (unpaired) electrons. The summed E-state index contributed by atoms with van der Waals surface area (Å²) in [5.74, 6) is 0.852. The molecule has 0 aromatic rings. The molecular weight excluding hydrogens is 348 g/mol. The van der Waals surface area contributed by atoms with Crippen LogP contribution in [0.3, 0.4) is 0 Å². The Morgan fingerprint density at radius 2 is 1.22 bits per heavy atom. The van der Waals surface area contributed by atoms with Gasteiger partial charge in [-0.1, -0.05) is 46.0 Å². The van der Waals surface area contributed by atoms with E-state index in [4.69, 9.17) is 18.9 Å². The minimum absolute atomic E-state index is 0.0520. The summed E-state index contributed by atoms with van der Waals surface area (Å²) >= 11 is 0. The number of epoxide rings is 2. The maximum Gasteiger partial charge on any atom is 0.308 e. The lowest BCUT2D eigenvalue weighted by atomic mass is 9.87. The van der Waals surface area contributed by atoms with Gasteiger partial charge in [-0.3, -0.25) is 9.59 Å². The maximum atomic E-state index is 12.1. The molecule has 3 aliphatic rings. The lowest BCUT2D eigenvalue weighted by Crippen LogP contribution is -2.21. The van der Waals surface area contributed by atoms with Gasteiger partial charge in [0.05, 0.1) is 25.0 Å². The topological polar surface area (TPSA) is 77.7 Å². The van der Waals surface area contributed by atoms with Crippen LogP contribution in [0.25, 0.3) is 0 Å². The standard InChI is InChI=1S/C21H34O6/c1-14(20(22)26-12-18-10-24-18)8-16-4-3-5-17(7-6-16)9-15(2)21(23)27-13-19-11-25-19/h14-19H,3-13H2,1-2H3. The van der Waals surface area contributed by atoms with E-state index in [1.54, 1.807) is 0 Å². The first-order chi connectivity index (χ1) is 13.0. The van der Waals surface area contributed by atoms with Crippen LogP contribution in [0, 0.1) is 23.7 Å². The first-order valence-electron chi connectivity index (χ1n) is 10.6. The van der Waals surface area contributed by atoms with Crippen LogP contribution in [0.4, 0.5) is 0 Å². The summed E-state index contributed by atoms with van der Waals surface area (Å²) < 4.78 is 20.8. The van der Waals surface area contributed by atoms with Crippen LogP contribution in [-0.4, -0.2) is 50.6 Å². The predicted molar refractivity (Wildman–Crippen MR) is 99.0 cm³/mol. The molecule has 0 spiro atoms. The van der Waals surface area contributed by atoms with Crippen LogP contribution in [0.15, 0.2) is 0 Å². The Morgan fingerprint density at radius 1 is 0.815 bits per heavy atom. The Kier molecular flexibility index (Phi) is 7.53. The summed E-state index contributed by atoms with van der Waals surface area (Å²) in [6.07, 6.45) is 7.82. The second-order valence-corrected chi connectivity index (χ2v) is 8.68. The summed E-state index contributed by atoms with van der Waals surface area (Å²) in [7, 11) is 0. The van der Waals surface area contributed by atoms with Crippen LogP contribution in [0.2, 0.25) is 0 Å². The summed E-state index contributed by atoms with van der Waals surface area (Å²) in [6.45, 7) is 6.17. The molecule has 0 aromatic carbocycles. The Bertz CT molecular complexity index is 455. The van der Waals surface area contributed by atoms with E-state index in [1.165, 1.54) is 6.42 Å². The highest BCUT2D eigenvalue weighted by Gasteiger charge is 2.29. The zero-order valence-corrected chi connectivity index (χ0v) is 16.7. The van der Waals surface area contributed by atoms with Crippen molar-refractivity contribution in [2.75, 3.05) is 26.4 Å². The van der Waals surface area contributed by atoms with Gasteiger partial charge in [0.1, 0.15) is 25.4 Å². The van der Waals surface area contributed by atoms with Gasteiger partial charge in [0.25, 0.3) is 0 Å². The molecule has 27 heavy (non-hydrogen) atoms. The number of ether oxygens (including phenoxy) is 4. The summed E-state index contributed by atoms with van der Waals surface area (Å²) in [5.41, 5.74) is 0. The van der Waals surface area contributed by atoms with Gasteiger partial charge in [-0.15, -0.1) is 0 Å². The van der Waals surface area contributed by atoms with Gasteiger partial charge >= 0.3 is 11.9 Å². The quantitative estimate of drug-likeness (QED) is 0.328. The van der Waals surface area contributed by atoms with Crippen molar-refractivity contribution < 1.29 is 28.5 Å². The van der Waals surface area contributed by atoms with Gasteiger partial charge in [0, 0.05) is 0 Å². The molecule has 1 aliphatic carbocycles. The second kappa shape index (κ2) is 9.87. The second-order valence-electron chi connectivity index (χ2n) is 8.68. The molecule has 2 aliphatic heterocycles. The number of rotatable bonds is 10. The molecule has 0 aromatic heterocycles. The van der Waals surface area contributed by atoms with Crippen molar-refractivity contribution in [3.63, 3.8) is 0 Å². The van der Waals surface area contributed by atoms with Crippen LogP contribution in [-0.2, 0) is 28.5 Å². The van der Waals surface area contributed by atoms with Gasteiger partial charge in [0.15, 0.2) is 0 Å². The minimum atomic E-state index is -0.0951. The average Bonchev–Trinajstić information content (AvgIpc) is 3.53. The zero-order chi connectivity index (χ0) is 19.2. The highest BCUT2D eigenvalue weighted by atomic mass is 16.6. The molecule has 0 bridgehead atoms. The van der Waals surface area contributed by atoms with Gasteiger partial charge < -0.3 is 18.9 Å². The zero-order valence-electron chi connectivity index (χ0n) is 16.7. The van der Waals surface area contributed by atoms with Crippen LogP contribution in [0.1, 0.15) is 58.8 Å². The normalized spacial score (nSPS) is 32.1. The largest absolute Gasteiger partial charge is 0.463 e. The van der Waals surface area contributed by atoms with Crippen molar-refractivity contribution >= 4 is 11.9 Å². The lowest BCUT2D eigenvalue weighted by molar-refractivity contribution is -0.150. The van der Waals surface area contributed by atoms with Crippen molar-refractivity contribution in [2.24, 2.45) is 23.7 Å². The van der Waals surface area contributed by atoms with Crippen molar-refractivity contribution in [2.45, 2.75) is 71.0 Å². The van der Waals surface area contributed by atoms with E-state index < -0.39 is 0 Å². The van der Waals surface area contributed by atoms with Gasteiger partial charge in [-0.25, -0.2) is 0 Å². The predicted octanol–water partition coefficient (Wildman–Crippen LogP) is 3.12. The van der Waals surface area contributed by atoms with E-state index in [0.29, 0.717) is 38.3 Å². The van der Waals surface area contributed by atoms with E-state index in [2.05, 4.69) is 0 Å². The Balaban J connectivity index is 1.33. The molecule has 2 saturated heterocycles. The maximum absolute atomic E-state index is 12.1. The summed E-state index contributed by atoms with van der Waals surface area (Å²) in [6, 6.07) is 0. The van der Waals surface area contributed by atoms with E-state index in [-0.39, 0.29) is 36.0 Å². The molecule has 6 heteroatoms. The molecule has 154 valence electrons. The Morgan fingerprint density at radius 3 is 1.59 bits per heavy atom. The number of carbonyl (C=O) groups is 2. The third-order valence-electron chi connectivity index (χ3n) is 6.01. The Labute approximate surface area is 162 Å². The smallest absolute Gasteiger partial charge is 0.308 e. The molecule has 0 amide bonds. The monoisotopic (exact) mass is 382 g/mol. The van der Waals surface area contributed by atoms with Crippen molar-refractivity contribution in [1.29, 1.82) is 0 Å². The minimum Gasteiger partial charge on any atom is -0.463 e. The molecule has 2 heterocycles. The fourth-order valence-corrected chi connectivity index (χ4v) is 4.08. The third-order valence-corrected chi connectivity index (χ3v) is 6.01. The van der Waals surface area contributed by atoms with Gasteiger partial charge in [-0.2, -0.15) is 0 Å². The van der Waals surface area contributed by atoms with E-state index >= 15 is 0 Å². The van der Waals surface area contributed by atoms with Crippen molar-refractivity contribution in [1.82, 2.24) is 0 Å². The highest BCUT2D eigenvalue weighted by Crippen LogP contribution is 2.34. The summed E-state index contributed by atoms with van der Waals surface area (Å²) in [5, 5.41) is 0. The highest BCUT2D eigenvalue weighted by molar-refractivity contribution is 5.72. The molecule has 3 rings (SSSR count). The lowest BCUT2D eigenvalue weighted by Gasteiger charge is -2.20. The number of hydrogen-bond acceptors (Lipinski definition) is 6. The third kappa shape index (κ3) is 7.41. The molecular formula is C21H34O6. The average molecular weight is 382 g/mol. The molecule has 1 saturated carbocycles. The fourth-order valence-electron chi connectivity index (χ4n) is 4.08. The number of hydrogen-bond donors (Lipinski definition) is 0. The van der Waals surface area contributed by atoms with Crippen LogP contribution in [0.5, 0.6) is 0 Å². The van der Waals surface area contributed by atoms with Gasteiger partial charge in [0.2, 0.25) is 0 Å². The first-order valence-corrected chi connectivity index (χ1v) is 10.6. The van der Waals surface area contributed by atoms with E-state index in [0.717, 1.165) is 38.5 Å². The molecule has 0 N–H and O–H groups in total.